The molecule has 130 valence electrons. The number of nitrogens with zero attached hydrogens (tertiary/aromatic N) is 4. The predicted octanol–water partition coefficient (Wildman–Crippen LogP) is 1.46. The SMILES string of the molecule is CC(C)(C)CC(=O)NCCn1nc(C2CCNC2)c2nccnc21. The Morgan fingerprint density at radius 3 is 2.88 bits per heavy atom. The third-order valence-corrected chi connectivity index (χ3v) is 4.18. The average Bonchev–Trinajstić information content (AvgIpc) is 3.13. The number of fused-ring (bicyclic) bond motifs is 1. The van der Waals surface area contributed by atoms with E-state index in [1.54, 1.807) is 12.4 Å². The minimum Gasteiger partial charge on any atom is -0.354 e. The fourth-order valence-corrected chi connectivity index (χ4v) is 3.09. The van der Waals surface area contributed by atoms with Crippen molar-refractivity contribution in [2.24, 2.45) is 5.41 Å². The molecule has 1 unspecified atom stereocenters. The van der Waals surface area contributed by atoms with Crippen LogP contribution in [-0.4, -0.2) is 45.3 Å². The zero-order valence-corrected chi connectivity index (χ0v) is 14.7. The summed E-state index contributed by atoms with van der Waals surface area (Å²) in [5.74, 6) is 0.464. The first-order valence-electron chi connectivity index (χ1n) is 8.59. The second kappa shape index (κ2) is 6.84. The van der Waals surface area contributed by atoms with Gasteiger partial charge in [-0.2, -0.15) is 5.10 Å². The number of amides is 1. The van der Waals surface area contributed by atoms with Crippen molar-refractivity contribution in [3.05, 3.63) is 18.1 Å². The fourth-order valence-electron chi connectivity index (χ4n) is 3.09. The van der Waals surface area contributed by atoms with Crippen molar-refractivity contribution in [1.29, 1.82) is 0 Å². The Morgan fingerprint density at radius 1 is 1.38 bits per heavy atom. The Bertz CT molecular complexity index is 711. The molecule has 3 rings (SSSR count). The van der Waals surface area contributed by atoms with E-state index < -0.39 is 0 Å². The minimum absolute atomic E-state index is 0.00337. The van der Waals surface area contributed by atoms with Crippen LogP contribution in [0.3, 0.4) is 0 Å². The van der Waals surface area contributed by atoms with Gasteiger partial charge >= 0.3 is 0 Å². The number of aromatic nitrogens is 4. The molecule has 24 heavy (non-hydrogen) atoms. The Morgan fingerprint density at radius 2 is 2.17 bits per heavy atom. The van der Waals surface area contributed by atoms with E-state index in [1.807, 2.05) is 4.68 Å². The van der Waals surface area contributed by atoms with E-state index in [0.717, 1.165) is 36.4 Å². The monoisotopic (exact) mass is 330 g/mol. The van der Waals surface area contributed by atoms with Crippen LogP contribution in [0.25, 0.3) is 11.2 Å². The van der Waals surface area contributed by atoms with Gasteiger partial charge in [0.2, 0.25) is 5.91 Å². The van der Waals surface area contributed by atoms with Gasteiger partial charge in [-0.05, 0) is 18.4 Å². The lowest BCUT2D eigenvalue weighted by molar-refractivity contribution is -0.122. The van der Waals surface area contributed by atoms with Crippen molar-refractivity contribution in [2.45, 2.75) is 46.1 Å². The van der Waals surface area contributed by atoms with Gasteiger partial charge in [-0.25, -0.2) is 14.6 Å². The molecule has 1 saturated heterocycles. The van der Waals surface area contributed by atoms with E-state index in [9.17, 15) is 4.79 Å². The summed E-state index contributed by atoms with van der Waals surface area (Å²) in [7, 11) is 0. The van der Waals surface area contributed by atoms with Crippen LogP contribution in [0.1, 0.15) is 45.2 Å². The molecule has 0 saturated carbocycles. The molecule has 2 aromatic heterocycles. The van der Waals surface area contributed by atoms with Crippen molar-refractivity contribution in [2.75, 3.05) is 19.6 Å². The summed E-state index contributed by atoms with van der Waals surface area (Å²) in [6, 6.07) is 0. The molecule has 0 bridgehead atoms. The molecular formula is C17H26N6O. The molecule has 0 aromatic carbocycles. The van der Waals surface area contributed by atoms with E-state index in [-0.39, 0.29) is 11.3 Å². The molecular weight excluding hydrogens is 304 g/mol. The van der Waals surface area contributed by atoms with Crippen LogP contribution >= 0.6 is 0 Å². The van der Waals surface area contributed by atoms with Crippen molar-refractivity contribution in [1.82, 2.24) is 30.4 Å². The molecule has 2 N–H and O–H groups in total. The molecule has 7 heteroatoms. The normalized spacial score (nSPS) is 18.2. The first-order chi connectivity index (χ1) is 11.4. The highest BCUT2D eigenvalue weighted by atomic mass is 16.1. The van der Waals surface area contributed by atoms with Gasteiger partial charge in [-0.1, -0.05) is 20.8 Å². The van der Waals surface area contributed by atoms with Crippen LogP contribution in [-0.2, 0) is 11.3 Å². The Kier molecular flexibility index (Phi) is 4.80. The zero-order chi connectivity index (χ0) is 17.2. The fraction of sp³-hybridized carbons (Fsp3) is 0.647. The molecule has 0 radical (unpaired) electrons. The van der Waals surface area contributed by atoms with E-state index in [4.69, 9.17) is 5.10 Å². The van der Waals surface area contributed by atoms with Crippen LogP contribution < -0.4 is 10.6 Å². The summed E-state index contributed by atoms with van der Waals surface area (Å²) in [5, 5.41) is 11.1. The third-order valence-electron chi connectivity index (χ3n) is 4.18. The van der Waals surface area contributed by atoms with Crippen LogP contribution in [0.15, 0.2) is 12.4 Å². The van der Waals surface area contributed by atoms with Crippen molar-refractivity contribution in [3.8, 4) is 0 Å². The lowest BCUT2D eigenvalue weighted by Gasteiger charge is -2.17. The first-order valence-corrected chi connectivity index (χ1v) is 8.59. The second-order valence-corrected chi connectivity index (χ2v) is 7.61. The standard InChI is InChI=1S/C17H26N6O/c1-17(2,3)10-13(24)19-8-9-23-16-15(20-6-7-21-16)14(22-23)12-4-5-18-11-12/h6-7,12,18H,4-5,8-11H2,1-3H3,(H,19,24). The number of carbonyl (C=O) groups is 1. The van der Waals surface area contributed by atoms with Gasteiger partial charge in [0, 0.05) is 37.8 Å². The Balaban J connectivity index is 1.69. The number of rotatable bonds is 5. The van der Waals surface area contributed by atoms with Gasteiger partial charge in [0.15, 0.2) is 5.65 Å². The quantitative estimate of drug-likeness (QED) is 0.867. The van der Waals surface area contributed by atoms with Gasteiger partial charge in [0.25, 0.3) is 0 Å². The number of hydrogen-bond acceptors (Lipinski definition) is 5. The first kappa shape index (κ1) is 16.8. The van der Waals surface area contributed by atoms with Crippen LogP contribution in [0.4, 0.5) is 0 Å². The van der Waals surface area contributed by atoms with Gasteiger partial charge in [-0.15, -0.1) is 0 Å². The van der Waals surface area contributed by atoms with Crippen LogP contribution in [0.2, 0.25) is 0 Å². The molecule has 0 spiro atoms. The summed E-state index contributed by atoms with van der Waals surface area (Å²) >= 11 is 0. The summed E-state index contributed by atoms with van der Waals surface area (Å²) in [4.78, 5) is 20.9. The largest absolute Gasteiger partial charge is 0.354 e. The summed E-state index contributed by atoms with van der Waals surface area (Å²) in [6.45, 7) is 9.28. The summed E-state index contributed by atoms with van der Waals surface area (Å²) in [5.41, 5.74) is 2.69. The van der Waals surface area contributed by atoms with Gasteiger partial charge in [-0.3, -0.25) is 4.79 Å². The Hall–Kier alpha value is -2.02. The highest BCUT2D eigenvalue weighted by Crippen LogP contribution is 2.26. The van der Waals surface area contributed by atoms with Gasteiger partial charge in [0.1, 0.15) is 5.52 Å². The smallest absolute Gasteiger partial charge is 0.220 e. The molecule has 1 aliphatic rings. The average molecular weight is 330 g/mol. The van der Waals surface area contributed by atoms with Gasteiger partial charge in [0.05, 0.1) is 12.2 Å². The van der Waals surface area contributed by atoms with Gasteiger partial charge < -0.3 is 10.6 Å². The zero-order valence-electron chi connectivity index (χ0n) is 14.7. The molecule has 1 atom stereocenters. The maximum Gasteiger partial charge on any atom is 0.220 e. The van der Waals surface area contributed by atoms with Crippen LogP contribution in [0.5, 0.6) is 0 Å². The van der Waals surface area contributed by atoms with E-state index in [2.05, 4.69) is 41.4 Å². The lowest BCUT2D eigenvalue weighted by Crippen LogP contribution is -2.30. The molecule has 3 heterocycles. The molecule has 1 aliphatic heterocycles. The molecule has 1 fully saturated rings. The lowest BCUT2D eigenvalue weighted by atomic mass is 9.92. The molecule has 2 aromatic rings. The topological polar surface area (TPSA) is 84.7 Å². The number of carbonyl (C=O) groups excluding carboxylic acids is 1. The molecule has 1 amide bonds. The number of hydrogen-bond donors (Lipinski definition) is 2. The summed E-state index contributed by atoms with van der Waals surface area (Å²) in [6.07, 6.45) is 5.00. The number of nitrogens with one attached hydrogen (secondary N) is 2. The van der Waals surface area contributed by atoms with Crippen molar-refractivity contribution < 1.29 is 4.79 Å². The minimum atomic E-state index is -0.00337. The van der Waals surface area contributed by atoms with Crippen molar-refractivity contribution in [3.63, 3.8) is 0 Å². The molecule has 7 nitrogen and oxygen atoms in total. The highest BCUT2D eigenvalue weighted by molar-refractivity contribution is 5.76. The van der Waals surface area contributed by atoms with Crippen molar-refractivity contribution >= 4 is 17.1 Å². The van der Waals surface area contributed by atoms with E-state index in [0.29, 0.717) is 25.4 Å². The molecule has 0 aliphatic carbocycles. The summed E-state index contributed by atoms with van der Waals surface area (Å²) < 4.78 is 1.87. The predicted molar refractivity (Wildman–Crippen MR) is 92.6 cm³/mol. The van der Waals surface area contributed by atoms with Crippen LogP contribution in [0, 0.1) is 5.41 Å². The highest BCUT2D eigenvalue weighted by Gasteiger charge is 2.24. The maximum atomic E-state index is 11.9. The van der Waals surface area contributed by atoms with E-state index >= 15 is 0 Å². The van der Waals surface area contributed by atoms with E-state index in [1.165, 1.54) is 0 Å². The third kappa shape index (κ3) is 3.90. The second-order valence-electron chi connectivity index (χ2n) is 7.61. The maximum absolute atomic E-state index is 11.9. The Labute approximate surface area is 142 Å².